The molecule has 246 valence electrons. The second kappa shape index (κ2) is 11.6. The van der Waals surface area contributed by atoms with Crippen LogP contribution in [0.25, 0.3) is 77.9 Å². The average molecular weight is 673 g/mol. The molecule has 11 rings (SSSR count). The van der Waals surface area contributed by atoms with E-state index >= 15 is 0 Å². The van der Waals surface area contributed by atoms with Crippen molar-refractivity contribution >= 4 is 10.9 Å². The van der Waals surface area contributed by atoms with Crippen molar-refractivity contribution in [3.63, 3.8) is 0 Å². The minimum atomic E-state index is -0.361. The molecule has 0 saturated heterocycles. The summed E-state index contributed by atoms with van der Waals surface area (Å²) in [4.78, 5) is 9.70. The fourth-order valence-corrected chi connectivity index (χ4v) is 9.06. The third-order valence-corrected chi connectivity index (χ3v) is 11.3. The number of fused-ring (bicyclic) bond motifs is 11. The molecule has 0 atom stereocenters. The predicted molar refractivity (Wildman–Crippen MR) is 218 cm³/mol. The van der Waals surface area contributed by atoms with Crippen molar-refractivity contribution in [1.29, 1.82) is 0 Å². The number of rotatable bonds is 4. The Bertz CT molecular complexity index is 2830. The van der Waals surface area contributed by atoms with E-state index in [0.29, 0.717) is 0 Å². The molecule has 0 aliphatic heterocycles. The lowest BCUT2D eigenvalue weighted by Crippen LogP contribution is -2.25. The fourth-order valence-electron chi connectivity index (χ4n) is 9.06. The highest BCUT2D eigenvalue weighted by atomic mass is 14.8. The molecule has 9 aromatic rings. The van der Waals surface area contributed by atoms with Crippen LogP contribution >= 0.6 is 0 Å². The molecule has 0 bridgehead atoms. The standard InChI is InChI=1S/C51H32N2/c1-2-13-33(14-3-1)42-32-50(49-23-10-11-28-52-49)53-48-27-25-36(30-43(42)48)34-15-12-16-35(29-34)37-24-26-41-40-19-6-9-22-46(40)51(47(41)31-37)44-20-7-4-17-38(44)39-18-5-8-21-45(39)51/h1-32H. The van der Waals surface area contributed by atoms with Crippen LogP contribution in [0.3, 0.4) is 0 Å². The Hall–Kier alpha value is -6.90. The highest BCUT2D eigenvalue weighted by Crippen LogP contribution is 2.63. The Balaban J connectivity index is 1.06. The van der Waals surface area contributed by atoms with E-state index in [0.717, 1.165) is 39.0 Å². The van der Waals surface area contributed by atoms with Gasteiger partial charge in [-0.25, -0.2) is 4.98 Å². The van der Waals surface area contributed by atoms with Crippen LogP contribution < -0.4 is 0 Å². The van der Waals surface area contributed by atoms with Gasteiger partial charge in [0.15, 0.2) is 0 Å². The highest BCUT2D eigenvalue weighted by Gasteiger charge is 2.51. The smallest absolute Gasteiger partial charge is 0.0900 e. The molecule has 2 heteroatoms. The summed E-state index contributed by atoms with van der Waals surface area (Å²) in [5, 5.41) is 1.12. The average Bonchev–Trinajstić information content (AvgIpc) is 3.71. The number of benzene rings is 7. The summed E-state index contributed by atoms with van der Waals surface area (Å²) in [5.41, 5.74) is 20.1. The first-order valence-corrected chi connectivity index (χ1v) is 18.2. The van der Waals surface area contributed by atoms with Crippen molar-refractivity contribution in [2.75, 3.05) is 0 Å². The number of hydrogen-bond acceptors (Lipinski definition) is 2. The third-order valence-electron chi connectivity index (χ3n) is 11.3. The Kier molecular flexibility index (Phi) is 6.50. The van der Waals surface area contributed by atoms with Gasteiger partial charge in [-0.2, -0.15) is 0 Å². The summed E-state index contributed by atoms with van der Waals surface area (Å²) in [6.07, 6.45) is 1.82. The topological polar surface area (TPSA) is 25.8 Å². The minimum Gasteiger partial charge on any atom is -0.255 e. The lowest BCUT2D eigenvalue weighted by atomic mass is 9.70. The summed E-state index contributed by atoms with van der Waals surface area (Å²) in [5.74, 6) is 0. The SMILES string of the molecule is c1ccc(-c2cc(-c3ccccn3)nc3ccc(-c4cccc(-c5ccc6c(c5)C5(c7ccccc7-c7ccccc75)c5ccccc5-6)c4)cc23)cc1. The molecule has 2 aromatic heterocycles. The number of hydrogen-bond donors (Lipinski definition) is 0. The quantitative estimate of drug-likeness (QED) is 0.186. The van der Waals surface area contributed by atoms with Crippen LogP contribution in [0.2, 0.25) is 0 Å². The van der Waals surface area contributed by atoms with Gasteiger partial charge in [0.05, 0.1) is 22.3 Å². The first kappa shape index (κ1) is 29.8. The van der Waals surface area contributed by atoms with E-state index in [4.69, 9.17) is 4.98 Å². The van der Waals surface area contributed by atoms with Crippen LogP contribution in [-0.2, 0) is 5.41 Å². The summed E-state index contributed by atoms with van der Waals surface area (Å²) < 4.78 is 0. The Morgan fingerprint density at radius 2 is 0.868 bits per heavy atom. The molecule has 2 aliphatic rings. The van der Waals surface area contributed by atoms with E-state index in [2.05, 4.69) is 175 Å². The maximum Gasteiger partial charge on any atom is 0.0900 e. The number of aromatic nitrogens is 2. The monoisotopic (exact) mass is 672 g/mol. The molecule has 2 nitrogen and oxygen atoms in total. The molecule has 2 heterocycles. The molecular weight excluding hydrogens is 641 g/mol. The van der Waals surface area contributed by atoms with E-state index < -0.39 is 0 Å². The van der Waals surface area contributed by atoms with Gasteiger partial charge in [-0.05, 0) is 120 Å². The molecule has 53 heavy (non-hydrogen) atoms. The zero-order valence-corrected chi connectivity index (χ0v) is 28.9. The van der Waals surface area contributed by atoms with Gasteiger partial charge in [0.2, 0.25) is 0 Å². The van der Waals surface area contributed by atoms with Gasteiger partial charge in [-0.3, -0.25) is 4.98 Å². The van der Waals surface area contributed by atoms with Crippen LogP contribution in [-0.4, -0.2) is 9.97 Å². The van der Waals surface area contributed by atoms with Crippen LogP contribution in [0.5, 0.6) is 0 Å². The molecule has 0 saturated carbocycles. The largest absolute Gasteiger partial charge is 0.255 e. The third kappa shape index (κ3) is 4.39. The van der Waals surface area contributed by atoms with Crippen molar-refractivity contribution in [3.8, 4) is 67.0 Å². The fraction of sp³-hybridized carbons (Fsp3) is 0.0196. The summed E-state index contributed by atoms with van der Waals surface area (Å²) in [6.45, 7) is 0. The molecular formula is C51H32N2. The molecule has 2 aliphatic carbocycles. The van der Waals surface area contributed by atoms with Gasteiger partial charge in [0.1, 0.15) is 0 Å². The van der Waals surface area contributed by atoms with Crippen molar-refractivity contribution in [3.05, 3.63) is 217 Å². The van der Waals surface area contributed by atoms with Crippen LogP contribution in [0.4, 0.5) is 0 Å². The van der Waals surface area contributed by atoms with E-state index in [1.807, 2.05) is 24.4 Å². The van der Waals surface area contributed by atoms with E-state index in [9.17, 15) is 0 Å². The van der Waals surface area contributed by atoms with E-state index in [1.165, 1.54) is 61.2 Å². The lowest BCUT2D eigenvalue weighted by Gasteiger charge is -2.30. The zero-order valence-electron chi connectivity index (χ0n) is 28.9. The molecule has 0 N–H and O–H groups in total. The second-order valence-corrected chi connectivity index (χ2v) is 14.1. The van der Waals surface area contributed by atoms with E-state index in [-0.39, 0.29) is 5.41 Å². The van der Waals surface area contributed by atoms with E-state index in [1.54, 1.807) is 0 Å². The van der Waals surface area contributed by atoms with Gasteiger partial charge in [-0.15, -0.1) is 0 Å². The van der Waals surface area contributed by atoms with Crippen LogP contribution in [0.15, 0.2) is 194 Å². The van der Waals surface area contributed by atoms with Gasteiger partial charge in [0, 0.05) is 11.6 Å². The summed E-state index contributed by atoms with van der Waals surface area (Å²) >= 11 is 0. The normalized spacial score (nSPS) is 13.1. The number of pyridine rings is 2. The van der Waals surface area contributed by atoms with Crippen molar-refractivity contribution in [2.24, 2.45) is 0 Å². The molecule has 0 unspecified atom stereocenters. The van der Waals surface area contributed by atoms with Gasteiger partial charge in [-0.1, -0.05) is 146 Å². The molecule has 0 amide bonds. The molecule has 7 aromatic carbocycles. The first-order chi connectivity index (χ1) is 26.3. The van der Waals surface area contributed by atoms with Gasteiger partial charge in [0.25, 0.3) is 0 Å². The van der Waals surface area contributed by atoms with Crippen LogP contribution in [0.1, 0.15) is 22.3 Å². The van der Waals surface area contributed by atoms with Crippen molar-refractivity contribution < 1.29 is 0 Å². The first-order valence-electron chi connectivity index (χ1n) is 18.2. The summed E-state index contributed by atoms with van der Waals surface area (Å²) in [6, 6.07) is 68.5. The predicted octanol–water partition coefficient (Wildman–Crippen LogP) is 12.6. The van der Waals surface area contributed by atoms with Crippen molar-refractivity contribution in [2.45, 2.75) is 5.41 Å². The van der Waals surface area contributed by atoms with Gasteiger partial charge < -0.3 is 0 Å². The summed E-state index contributed by atoms with van der Waals surface area (Å²) in [7, 11) is 0. The second-order valence-electron chi connectivity index (χ2n) is 14.1. The molecule has 1 spiro atoms. The lowest BCUT2D eigenvalue weighted by molar-refractivity contribution is 0.794. The highest BCUT2D eigenvalue weighted by molar-refractivity contribution is 5.99. The zero-order chi connectivity index (χ0) is 34.9. The maximum atomic E-state index is 5.09. The molecule has 0 radical (unpaired) electrons. The molecule has 0 fully saturated rings. The Labute approximate surface area is 308 Å². The van der Waals surface area contributed by atoms with Crippen molar-refractivity contribution in [1.82, 2.24) is 9.97 Å². The van der Waals surface area contributed by atoms with Gasteiger partial charge >= 0.3 is 0 Å². The Morgan fingerprint density at radius 1 is 0.321 bits per heavy atom. The number of nitrogens with zero attached hydrogens (tertiary/aromatic N) is 2. The Morgan fingerprint density at radius 3 is 1.53 bits per heavy atom. The van der Waals surface area contributed by atoms with Crippen LogP contribution in [0, 0.1) is 0 Å². The maximum absolute atomic E-state index is 5.09. The minimum absolute atomic E-state index is 0.361.